The Kier molecular flexibility index (Phi) is 6.21. The number of para-hydroxylation sites is 1. The van der Waals surface area contributed by atoms with Crippen molar-refractivity contribution in [2.24, 2.45) is 0 Å². The van der Waals surface area contributed by atoms with Gasteiger partial charge in [0, 0.05) is 11.8 Å². The molecule has 0 aliphatic heterocycles. The van der Waals surface area contributed by atoms with Crippen LogP contribution in [0.25, 0.3) is 39.4 Å². The smallest absolute Gasteiger partial charge is 0.291 e. The van der Waals surface area contributed by atoms with E-state index in [1.54, 1.807) is 17.4 Å². The summed E-state index contributed by atoms with van der Waals surface area (Å²) in [7, 11) is 0. The number of nitrogens with zero attached hydrogens (tertiary/aromatic N) is 5. The molecule has 0 aliphatic carbocycles. The number of hydrogen-bond acceptors (Lipinski definition) is 7. The van der Waals surface area contributed by atoms with E-state index in [1.165, 1.54) is 15.9 Å². The van der Waals surface area contributed by atoms with Gasteiger partial charge in [0.1, 0.15) is 11.4 Å². The largest absolute Gasteiger partial charge is 0.494 e. The molecular weight excluding hydrogens is 502 g/mol. The number of hydrogen-bond donors (Lipinski definition) is 0. The molecule has 7 nitrogen and oxygen atoms in total. The number of thiazole rings is 1. The van der Waals surface area contributed by atoms with E-state index >= 15 is 0 Å². The molecule has 0 amide bonds. The number of fused-ring (bicyclic) bond motifs is 1. The summed E-state index contributed by atoms with van der Waals surface area (Å²) in [5, 5.41) is 11.3. The quantitative estimate of drug-likeness (QED) is 0.288. The Hall–Kier alpha value is -4.34. The Bertz CT molecular complexity index is 1800. The molecule has 0 fully saturated rings. The molecule has 6 rings (SSSR count). The molecule has 182 valence electrons. The molecule has 4 aromatic heterocycles. The highest BCUT2D eigenvalue weighted by molar-refractivity contribution is 7.15. The molecule has 0 saturated carbocycles. The van der Waals surface area contributed by atoms with Crippen LogP contribution in [0.5, 0.6) is 5.75 Å². The van der Waals surface area contributed by atoms with E-state index in [0.717, 1.165) is 33.1 Å². The van der Waals surface area contributed by atoms with E-state index in [4.69, 9.17) is 9.84 Å². The van der Waals surface area contributed by atoms with Crippen molar-refractivity contribution in [2.75, 3.05) is 6.61 Å². The second kappa shape index (κ2) is 9.96. The summed E-state index contributed by atoms with van der Waals surface area (Å²) >= 11 is 2.93. The van der Waals surface area contributed by atoms with Crippen LogP contribution < -0.4 is 14.8 Å². The average molecular weight is 524 g/mol. The molecule has 0 spiro atoms. The topological polar surface area (TPSA) is 74.3 Å². The second-order valence-corrected chi connectivity index (χ2v) is 10.1. The summed E-state index contributed by atoms with van der Waals surface area (Å²) in [6.45, 7) is 2.59. The molecule has 9 heteroatoms. The van der Waals surface area contributed by atoms with Crippen molar-refractivity contribution in [3.8, 4) is 22.0 Å². The third-order valence-electron chi connectivity index (χ3n) is 5.62. The van der Waals surface area contributed by atoms with Gasteiger partial charge in [-0.3, -0.25) is 4.79 Å². The molecule has 37 heavy (non-hydrogen) atoms. The van der Waals surface area contributed by atoms with Crippen LogP contribution in [0.15, 0.2) is 83.1 Å². The first-order valence-corrected chi connectivity index (χ1v) is 13.4. The third-order valence-corrected chi connectivity index (χ3v) is 7.45. The minimum Gasteiger partial charge on any atom is -0.494 e. The van der Waals surface area contributed by atoms with E-state index in [0.29, 0.717) is 21.9 Å². The number of aromatic nitrogens is 5. The molecule has 0 bridgehead atoms. The van der Waals surface area contributed by atoms with Crippen molar-refractivity contribution in [2.45, 2.75) is 6.92 Å². The zero-order valence-corrected chi connectivity index (χ0v) is 21.4. The van der Waals surface area contributed by atoms with Crippen molar-refractivity contribution in [1.29, 1.82) is 0 Å². The van der Waals surface area contributed by atoms with Crippen LogP contribution in [-0.4, -0.2) is 31.0 Å². The monoisotopic (exact) mass is 523 g/mol. The van der Waals surface area contributed by atoms with Gasteiger partial charge in [0.15, 0.2) is 5.82 Å². The van der Waals surface area contributed by atoms with Crippen molar-refractivity contribution < 1.29 is 4.74 Å². The van der Waals surface area contributed by atoms with E-state index in [1.807, 2.05) is 102 Å². The summed E-state index contributed by atoms with van der Waals surface area (Å²) in [5.74, 6) is 1.32. The summed E-state index contributed by atoms with van der Waals surface area (Å²) in [4.78, 5) is 19.3. The van der Waals surface area contributed by atoms with E-state index in [-0.39, 0.29) is 5.56 Å². The highest BCUT2D eigenvalue weighted by Gasteiger charge is 2.14. The second-order valence-electron chi connectivity index (χ2n) is 8.11. The van der Waals surface area contributed by atoms with Crippen LogP contribution in [0.2, 0.25) is 0 Å². The fourth-order valence-electron chi connectivity index (χ4n) is 3.88. The molecule has 0 saturated heterocycles. The average Bonchev–Trinajstić information content (AvgIpc) is 3.71. The fraction of sp³-hybridized carbons (Fsp3) is 0.0714. The molecular formula is C28H21N5O2S2. The Morgan fingerprint density at radius 1 is 0.973 bits per heavy atom. The molecule has 4 heterocycles. The zero-order chi connectivity index (χ0) is 25.2. The fourth-order valence-corrected chi connectivity index (χ4v) is 5.52. The van der Waals surface area contributed by atoms with E-state index < -0.39 is 0 Å². The normalized spacial score (nSPS) is 12.2. The first kappa shape index (κ1) is 23.1. The highest BCUT2D eigenvalue weighted by atomic mass is 32.1. The lowest BCUT2D eigenvalue weighted by Gasteiger charge is -2.01. The van der Waals surface area contributed by atoms with Crippen LogP contribution in [0.1, 0.15) is 23.9 Å². The van der Waals surface area contributed by atoms with Gasteiger partial charge < -0.3 is 4.74 Å². The lowest BCUT2D eigenvalue weighted by atomic mass is 10.2. The standard InChI is InChI=1S/C28H21N5O2S2/c1-2-35-22-13-10-19(11-14-22)12-15-25-29-28-33(30-25)27(34)24(37-28)17-20-18-32(21-7-4-3-5-8-21)31-26(20)23-9-6-16-36-23/h3-18H,2H2,1H3/b15-12+,24-17-. The van der Waals surface area contributed by atoms with Crippen molar-refractivity contribution in [1.82, 2.24) is 24.4 Å². The van der Waals surface area contributed by atoms with Crippen LogP contribution >= 0.6 is 22.7 Å². The van der Waals surface area contributed by atoms with Gasteiger partial charge in [-0.2, -0.15) is 14.6 Å². The zero-order valence-electron chi connectivity index (χ0n) is 19.8. The van der Waals surface area contributed by atoms with Crippen molar-refractivity contribution in [3.05, 3.63) is 110 Å². The van der Waals surface area contributed by atoms with Gasteiger partial charge in [0.25, 0.3) is 5.56 Å². The highest BCUT2D eigenvalue weighted by Crippen LogP contribution is 2.28. The molecule has 0 unspecified atom stereocenters. The maximum Gasteiger partial charge on any atom is 0.291 e. The molecule has 0 N–H and O–H groups in total. The SMILES string of the molecule is CCOc1ccc(/C=C/c2nc3s/c(=C\c4cn(-c5ccccc5)nc4-c4cccs4)c(=O)n3n2)cc1. The summed E-state index contributed by atoms with van der Waals surface area (Å²) in [6, 6.07) is 21.7. The summed E-state index contributed by atoms with van der Waals surface area (Å²) < 4.78 is 9.24. The predicted octanol–water partition coefficient (Wildman–Crippen LogP) is 5.18. The predicted molar refractivity (Wildman–Crippen MR) is 149 cm³/mol. The Morgan fingerprint density at radius 3 is 2.54 bits per heavy atom. The van der Waals surface area contributed by atoms with Gasteiger partial charge in [0.05, 0.1) is 21.7 Å². The van der Waals surface area contributed by atoms with Crippen LogP contribution in [-0.2, 0) is 0 Å². The van der Waals surface area contributed by atoms with E-state index in [9.17, 15) is 4.79 Å². The third kappa shape index (κ3) is 4.74. The lowest BCUT2D eigenvalue weighted by Crippen LogP contribution is -2.23. The summed E-state index contributed by atoms with van der Waals surface area (Å²) in [5.41, 5.74) is 3.45. The molecule has 0 aliphatic rings. The van der Waals surface area contributed by atoms with Crippen LogP contribution in [0.4, 0.5) is 0 Å². The Labute approximate surface area is 220 Å². The number of thiophene rings is 1. The number of ether oxygens (including phenoxy) is 1. The minimum absolute atomic E-state index is 0.196. The van der Waals surface area contributed by atoms with Gasteiger partial charge >= 0.3 is 0 Å². The molecule has 2 aromatic carbocycles. The van der Waals surface area contributed by atoms with E-state index in [2.05, 4.69) is 10.1 Å². The first-order chi connectivity index (χ1) is 18.2. The summed E-state index contributed by atoms with van der Waals surface area (Å²) in [6.07, 6.45) is 7.54. The maximum atomic E-state index is 13.2. The molecule has 6 aromatic rings. The van der Waals surface area contributed by atoms with Gasteiger partial charge in [-0.15, -0.1) is 16.4 Å². The maximum absolute atomic E-state index is 13.2. The number of benzene rings is 2. The molecule has 0 atom stereocenters. The van der Waals surface area contributed by atoms with Crippen LogP contribution in [0, 0.1) is 0 Å². The first-order valence-electron chi connectivity index (χ1n) is 11.7. The Balaban J connectivity index is 1.34. The van der Waals surface area contributed by atoms with Gasteiger partial charge in [-0.05, 0) is 60.4 Å². The van der Waals surface area contributed by atoms with Gasteiger partial charge in [-0.1, -0.05) is 53.8 Å². The van der Waals surface area contributed by atoms with Crippen molar-refractivity contribution >= 4 is 45.9 Å². The van der Waals surface area contributed by atoms with Gasteiger partial charge in [-0.25, -0.2) is 4.68 Å². The minimum atomic E-state index is -0.196. The lowest BCUT2D eigenvalue weighted by molar-refractivity contribution is 0.340. The number of rotatable bonds is 7. The van der Waals surface area contributed by atoms with Crippen molar-refractivity contribution in [3.63, 3.8) is 0 Å². The van der Waals surface area contributed by atoms with Gasteiger partial charge in [0.2, 0.25) is 4.96 Å². The Morgan fingerprint density at radius 2 is 1.81 bits per heavy atom. The van der Waals surface area contributed by atoms with Crippen LogP contribution in [0.3, 0.4) is 0 Å². The molecule has 0 radical (unpaired) electrons.